The zero-order chi connectivity index (χ0) is 0. The van der Waals surface area contributed by atoms with Crippen LogP contribution in [0.25, 0.3) is 0 Å². The fraction of sp³-hybridized carbons (Fsp3) is 0. The normalized spacial score (nSPS) is 0. The topological polar surface area (TPSA) is 0 Å². The second-order valence-electron chi connectivity index (χ2n) is 0. The van der Waals surface area contributed by atoms with Crippen molar-refractivity contribution >= 4 is 17.4 Å². The first kappa shape index (κ1) is 34.7. The summed E-state index contributed by atoms with van der Waals surface area (Å²) in [5.74, 6) is 0. The van der Waals surface area contributed by atoms with Gasteiger partial charge in [0.15, 0.2) is 0 Å². The Kier molecular flexibility index (Phi) is 165. The molecule has 4 heavy (non-hydrogen) atoms. The van der Waals surface area contributed by atoms with Crippen LogP contribution >= 0.6 is 0 Å². The molecule has 0 unspecified atom stereocenters. The zero-order valence-electron chi connectivity index (χ0n) is 1.96. The van der Waals surface area contributed by atoms with Gasteiger partial charge in [0.2, 0.25) is 0 Å². The summed E-state index contributed by atoms with van der Waals surface area (Å²) in [5.41, 5.74) is 0. The molecule has 0 aromatic heterocycles. The summed E-state index contributed by atoms with van der Waals surface area (Å²) < 4.78 is 0. The summed E-state index contributed by atoms with van der Waals surface area (Å²) >= 11 is 0. The number of hydrogen-bond donors (Lipinski definition) is 0. The Morgan fingerprint density at radius 2 is 1.00 bits per heavy atom. The van der Waals surface area contributed by atoms with Crippen LogP contribution in [-0.4, -0.2) is 17.4 Å². The molecule has 0 aromatic rings. The zero-order valence-corrected chi connectivity index (χ0v) is 8.21. The minimum absolute atomic E-state index is 0. The largest absolute Gasteiger partial charge is 0 e. The Labute approximate surface area is 70.3 Å². The van der Waals surface area contributed by atoms with E-state index in [0.717, 1.165) is 0 Å². The molecule has 0 bridgehead atoms. The Hall–Kier alpha value is 2.19. The van der Waals surface area contributed by atoms with Crippen LogP contribution in [0.5, 0.6) is 0 Å². The van der Waals surface area contributed by atoms with Gasteiger partial charge in [-0.1, -0.05) is 0 Å². The van der Waals surface area contributed by atoms with Gasteiger partial charge in [0, 0.05) is 71.0 Å². The van der Waals surface area contributed by atoms with E-state index in [9.17, 15) is 0 Å². The van der Waals surface area contributed by atoms with Gasteiger partial charge in [0.25, 0.3) is 0 Å². The van der Waals surface area contributed by atoms with Gasteiger partial charge in [-0.2, -0.15) is 0 Å². The van der Waals surface area contributed by atoms with E-state index >= 15 is 0 Å². The number of hydrogen-bond acceptors (Lipinski definition) is 0. The van der Waals surface area contributed by atoms with Crippen LogP contribution in [0.15, 0.2) is 0 Å². The Balaban J connectivity index is 0. The quantitative estimate of drug-likeness (QED) is 0.478. The maximum Gasteiger partial charge on any atom is 0 e. The van der Waals surface area contributed by atoms with Crippen LogP contribution in [-0.2, 0) is 53.6 Å². The van der Waals surface area contributed by atoms with Crippen LogP contribution in [0.4, 0.5) is 0 Å². The molecule has 0 aromatic carbocycles. The van der Waals surface area contributed by atoms with Crippen molar-refractivity contribution in [3.8, 4) is 0 Å². The van der Waals surface area contributed by atoms with Gasteiger partial charge in [-0.25, -0.2) is 0 Å². The van der Waals surface area contributed by atoms with Crippen LogP contribution < -0.4 is 0 Å². The molecular formula is AlCuMnZn. The molecule has 0 rings (SSSR count). The van der Waals surface area contributed by atoms with Gasteiger partial charge in [-0.3, -0.25) is 0 Å². The third-order valence-electron chi connectivity index (χ3n) is 0. The molecule has 4 heteroatoms. The Morgan fingerprint density at radius 1 is 1.00 bits per heavy atom. The summed E-state index contributed by atoms with van der Waals surface area (Å²) in [7, 11) is 0. The van der Waals surface area contributed by atoms with Crippen molar-refractivity contribution < 1.29 is 53.6 Å². The second-order valence-corrected chi connectivity index (χ2v) is 0. The summed E-state index contributed by atoms with van der Waals surface area (Å²) in [4.78, 5) is 0. The van der Waals surface area contributed by atoms with Crippen molar-refractivity contribution in [1.29, 1.82) is 0 Å². The van der Waals surface area contributed by atoms with E-state index in [2.05, 4.69) is 0 Å². The molecule has 0 atom stereocenters. The second kappa shape index (κ2) is 19.0. The molecule has 0 aliphatic carbocycles. The van der Waals surface area contributed by atoms with E-state index in [1.165, 1.54) is 0 Å². The van der Waals surface area contributed by atoms with Crippen molar-refractivity contribution in [2.75, 3.05) is 0 Å². The first-order chi connectivity index (χ1) is 0. The molecular weight excluding hydrogens is 211 g/mol. The fourth-order valence-corrected chi connectivity index (χ4v) is 0. The first-order valence-electron chi connectivity index (χ1n) is 0. The molecule has 0 saturated heterocycles. The van der Waals surface area contributed by atoms with Crippen LogP contribution in [0, 0.1) is 0 Å². The molecule has 0 spiro atoms. The standard InChI is InChI=1S/Al.Cu.Mn.Zn. The average molecular weight is 211 g/mol. The van der Waals surface area contributed by atoms with Gasteiger partial charge in [0.05, 0.1) is 0 Å². The molecule has 0 nitrogen and oxygen atoms in total. The number of rotatable bonds is 0. The molecule has 0 saturated carbocycles. The maximum absolute atomic E-state index is 0. The molecule has 0 heterocycles. The average Bonchev–Trinajstić information content (AvgIpc) is 0. The predicted molar refractivity (Wildman–Crippen MR) is 5.75 cm³/mol. The minimum Gasteiger partial charge on any atom is 0 e. The third-order valence-corrected chi connectivity index (χ3v) is 0. The Morgan fingerprint density at radius 3 is 1.00 bits per heavy atom. The van der Waals surface area contributed by atoms with Crippen molar-refractivity contribution in [1.82, 2.24) is 0 Å². The van der Waals surface area contributed by atoms with E-state index in [4.69, 9.17) is 0 Å². The van der Waals surface area contributed by atoms with Crippen LogP contribution in [0.3, 0.4) is 0 Å². The third kappa shape index (κ3) is 8.89. The predicted octanol–water partition coefficient (Wildman–Crippen LogP) is -0.388. The van der Waals surface area contributed by atoms with E-state index in [-0.39, 0.29) is 71.0 Å². The van der Waals surface area contributed by atoms with E-state index in [1.807, 2.05) is 0 Å². The summed E-state index contributed by atoms with van der Waals surface area (Å²) in [5, 5.41) is 0. The fourth-order valence-electron chi connectivity index (χ4n) is 0. The monoisotopic (exact) mass is 209 g/mol. The SMILES string of the molecule is [Al].[Cu].[Mn].[Zn]. The van der Waals surface area contributed by atoms with Crippen molar-refractivity contribution in [2.45, 2.75) is 0 Å². The van der Waals surface area contributed by atoms with E-state index in [0.29, 0.717) is 0 Å². The maximum atomic E-state index is 0. The first-order valence-corrected chi connectivity index (χ1v) is 0. The van der Waals surface area contributed by atoms with Crippen LogP contribution in [0.2, 0.25) is 0 Å². The van der Waals surface area contributed by atoms with Gasteiger partial charge < -0.3 is 0 Å². The minimum atomic E-state index is 0. The summed E-state index contributed by atoms with van der Waals surface area (Å²) in [6.45, 7) is 0. The molecule has 0 fully saturated rings. The van der Waals surface area contributed by atoms with Crippen molar-refractivity contribution in [2.24, 2.45) is 0 Å². The van der Waals surface area contributed by atoms with E-state index in [1.54, 1.807) is 0 Å². The molecule has 0 aliphatic heterocycles. The molecule has 0 N–H and O–H groups in total. The van der Waals surface area contributed by atoms with Gasteiger partial charge >= 0.3 is 0 Å². The van der Waals surface area contributed by atoms with Crippen molar-refractivity contribution in [3.05, 3.63) is 0 Å². The Bertz CT molecular complexity index is 8.00. The van der Waals surface area contributed by atoms with Crippen molar-refractivity contribution in [3.63, 3.8) is 0 Å². The van der Waals surface area contributed by atoms with Gasteiger partial charge in [-0.15, -0.1) is 0 Å². The summed E-state index contributed by atoms with van der Waals surface area (Å²) in [6, 6.07) is 0. The molecule has 5 radical (unpaired) electrons. The van der Waals surface area contributed by atoms with E-state index < -0.39 is 0 Å². The van der Waals surface area contributed by atoms with Gasteiger partial charge in [-0.05, 0) is 0 Å². The van der Waals surface area contributed by atoms with Crippen LogP contribution in [0.1, 0.15) is 0 Å². The molecule has 23 valence electrons. The molecule has 0 amide bonds. The smallest absolute Gasteiger partial charge is 0 e. The van der Waals surface area contributed by atoms with Gasteiger partial charge in [0.1, 0.15) is 0 Å². The summed E-state index contributed by atoms with van der Waals surface area (Å²) in [6.07, 6.45) is 0. The molecule has 0 aliphatic rings.